The summed E-state index contributed by atoms with van der Waals surface area (Å²) in [5.74, 6) is -0.970. The standard InChI is InChI=1S/C11H16N4O2/c16-11(17)7-1-2-9-10(5-7)15(14-13-9)8-3-4-12-6-8/h7-8,12H,1-6H2,(H,16,17)/t7-,8-/m1/s1. The minimum Gasteiger partial charge on any atom is -0.481 e. The van der Waals surface area contributed by atoms with Crippen molar-refractivity contribution in [1.29, 1.82) is 0 Å². The van der Waals surface area contributed by atoms with Crippen LogP contribution < -0.4 is 5.32 Å². The van der Waals surface area contributed by atoms with Gasteiger partial charge in [-0.1, -0.05) is 5.21 Å². The van der Waals surface area contributed by atoms with Crippen LogP contribution in [0.3, 0.4) is 0 Å². The molecule has 0 unspecified atom stereocenters. The van der Waals surface area contributed by atoms with Gasteiger partial charge < -0.3 is 10.4 Å². The van der Waals surface area contributed by atoms with E-state index in [1.165, 1.54) is 0 Å². The van der Waals surface area contributed by atoms with Crippen molar-refractivity contribution in [2.75, 3.05) is 13.1 Å². The first-order valence-corrected chi connectivity index (χ1v) is 6.12. The Balaban J connectivity index is 1.88. The largest absolute Gasteiger partial charge is 0.481 e. The molecule has 3 rings (SSSR count). The van der Waals surface area contributed by atoms with Crippen LogP contribution in [0.4, 0.5) is 0 Å². The molecular formula is C11H16N4O2. The number of aromatic nitrogens is 3. The van der Waals surface area contributed by atoms with Gasteiger partial charge >= 0.3 is 5.97 Å². The summed E-state index contributed by atoms with van der Waals surface area (Å²) in [6.07, 6.45) is 3.05. The van der Waals surface area contributed by atoms with Crippen LogP contribution in [-0.4, -0.2) is 39.2 Å². The van der Waals surface area contributed by atoms with E-state index in [4.69, 9.17) is 5.11 Å². The van der Waals surface area contributed by atoms with Crippen molar-refractivity contribution in [3.8, 4) is 0 Å². The average Bonchev–Trinajstić information content (AvgIpc) is 2.96. The second kappa shape index (κ2) is 4.10. The van der Waals surface area contributed by atoms with Crippen molar-refractivity contribution in [3.05, 3.63) is 11.4 Å². The zero-order valence-corrected chi connectivity index (χ0v) is 9.59. The van der Waals surface area contributed by atoms with Gasteiger partial charge in [0, 0.05) is 13.0 Å². The molecule has 6 heteroatoms. The molecule has 2 aliphatic rings. The van der Waals surface area contributed by atoms with Gasteiger partial charge in [-0.3, -0.25) is 4.79 Å². The highest BCUT2D eigenvalue weighted by atomic mass is 16.4. The van der Waals surface area contributed by atoms with Gasteiger partial charge in [0.25, 0.3) is 0 Å². The number of hydrogen-bond donors (Lipinski definition) is 2. The van der Waals surface area contributed by atoms with Crippen molar-refractivity contribution >= 4 is 5.97 Å². The summed E-state index contributed by atoms with van der Waals surface area (Å²) in [4.78, 5) is 11.1. The molecule has 1 aliphatic heterocycles. The molecule has 1 aliphatic carbocycles. The van der Waals surface area contributed by atoms with Gasteiger partial charge in [-0.05, 0) is 25.8 Å². The van der Waals surface area contributed by atoms with E-state index >= 15 is 0 Å². The molecule has 0 spiro atoms. The van der Waals surface area contributed by atoms with E-state index in [1.54, 1.807) is 0 Å². The Hall–Kier alpha value is -1.43. The Morgan fingerprint density at radius 1 is 1.47 bits per heavy atom. The lowest BCUT2D eigenvalue weighted by Gasteiger charge is -2.20. The average molecular weight is 236 g/mol. The van der Waals surface area contributed by atoms with E-state index in [0.717, 1.165) is 37.3 Å². The summed E-state index contributed by atoms with van der Waals surface area (Å²) in [5, 5.41) is 20.8. The maximum absolute atomic E-state index is 11.1. The maximum Gasteiger partial charge on any atom is 0.306 e. The number of rotatable bonds is 2. The molecule has 0 radical (unpaired) electrons. The first-order chi connectivity index (χ1) is 8.25. The number of aryl methyl sites for hydroxylation is 1. The van der Waals surface area contributed by atoms with Crippen LogP contribution in [0, 0.1) is 5.92 Å². The molecule has 6 nitrogen and oxygen atoms in total. The van der Waals surface area contributed by atoms with Gasteiger partial charge in [-0.2, -0.15) is 0 Å². The molecule has 0 bridgehead atoms. The number of aliphatic carboxylic acids is 1. The van der Waals surface area contributed by atoms with E-state index in [1.807, 2.05) is 4.68 Å². The van der Waals surface area contributed by atoms with E-state index in [2.05, 4.69) is 15.6 Å². The molecule has 2 atom stereocenters. The molecule has 0 saturated carbocycles. The number of nitrogens with one attached hydrogen (secondary N) is 1. The Morgan fingerprint density at radius 3 is 3.06 bits per heavy atom. The van der Waals surface area contributed by atoms with Crippen molar-refractivity contribution < 1.29 is 9.90 Å². The van der Waals surface area contributed by atoms with Crippen LogP contribution in [-0.2, 0) is 17.6 Å². The molecule has 1 fully saturated rings. The van der Waals surface area contributed by atoms with Crippen LogP contribution in [0.2, 0.25) is 0 Å². The maximum atomic E-state index is 11.1. The van der Waals surface area contributed by atoms with Gasteiger partial charge in [-0.15, -0.1) is 5.10 Å². The number of nitrogens with zero attached hydrogens (tertiary/aromatic N) is 3. The summed E-state index contributed by atoms with van der Waals surface area (Å²) in [5.41, 5.74) is 2.03. The quantitative estimate of drug-likeness (QED) is 0.755. The summed E-state index contributed by atoms with van der Waals surface area (Å²) in [7, 11) is 0. The van der Waals surface area contributed by atoms with Gasteiger partial charge in [0.15, 0.2) is 0 Å². The fourth-order valence-corrected chi connectivity index (χ4v) is 2.75. The highest BCUT2D eigenvalue weighted by Gasteiger charge is 2.31. The number of fused-ring (bicyclic) bond motifs is 1. The van der Waals surface area contributed by atoms with Crippen molar-refractivity contribution in [2.45, 2.75) is 31.7 Å². The minimum absolute atomic E-state index is 0.269. The van der Waals surface area contributed by atoms with Crippen LogP contribution in [0.25, 0.3) is 0 Å². The van der Waals surface area contributed by atoms with Crippen LogP contribution in [0.5, 0.6) is 0 Å². The molecule has 0 amide bonds. The lowest BCUT2D eigenvalue weighted by Crippen LogP contribution is -2.25. The monoisotopic (exact) mass is 236 g/mol. The van der Waals surface area contributed by atoms with Crippen LogP contribution in [0.15, 0.2) is 0 Å². The number of carboxylic acids is 1. The topological polar surface area (TPSA) is 80.0 Å². The molecule has 1 saturated heterocycles. The van der Waals surface area contributed by atoms with E-state index in [0.29, 0.717) is 18.9 Å². The predicted octanol–water partition coefficient (Wildman–Crippen LogP) is 0.00200. The van der Waals surface area contributed by atoms with E-state index in [-0.39, 0.29) is 5.92 Å². The molecule has 2 N–H and O–H groups in total. The molecule has 92 valence electrons. The molecule has 0 aromatic carbocycles. The number of hydrogen-bond acceptors (Lipinski definition) is 4. The third-order valence-corrected chi connectivity index (χ3v) is 3.77. The van der Waals surface area contributed by atoms with Gasteiger partial charge in [0.05, 0.1) is 23.3 Å². The van der Waals surface area contributed by atoms with E-state index < -0.39 is 5.97 Å². The second-order valence-electron chi connectivity index (χ2n) is 4.85. The smallest absolute Gasteiger partial charge is 0.306 e. The zero-order chi connectivity index (χ0) is 11.8. The Morgan fingerprint density at radius 2 is 2.35 bits per heavy atom. The van der Waals surface area contributed by atoms with Gasteiger partial charge in [0.1, 0.15) is 0 Å². The zero-order valence-electron chi connectivity index (χ0n) is 9.59. The molecular weight excluding hydrogens is 220 g/mol. The van der Waals surface area contributed by atoms with Crippen molar-refractivity contribution in [1.82, 2.24) is 20.3 Å². The summed E-state index contributed by atoms with van der Waals surface area (Å²) >= 11 is 0. The predicted molar refractivity (Wildman–Crippen MR) is 59.7 cm³/mol. The van der Waals surface area contributed by atoms with Crippen LogP contribution in [0.1, 0.15) is 30.3 Å². The molecule has 1 aromatic rings. The summed E-state index contributed by atoms with van der Waals surface area (Å²) in [6.45, 7) is 1.91. The Kier molecular flexibility index (Phi) is 2.58. The first-order valence-electron chi connectivity index (χ1n) is 6.12. The summed E-state index contributed by atoms with van der Waals surface area (Å²) < 4.78 is 1.95. The minimum atomic E-state index is -0.701. The molecule has 1 aromatic heterocycles. The first kappa shape index (κ1) is 10.7. The Bertz CT molecular complexity index is 437. The SMILES string of the molecule is O=C(O)[C@@H]1CCc2nnn([C@@H]3CCNC3)c2C1. The normalized spacial score (nSPS) is 28.0. The van der Waals surface area contributed by atoms with E-state index in [9.17, 15) is 4.79 Å². The second-order valence-corrected chi connectivity index (χ2v) is 4.85. The van der Waals surface area contributed by atoms with Gasteiger partial charge in [-0.25, -0.2) is 4.68 Å². The van der Waals surface area contributed by atoms with Crippen molar-refractivity contribution in [2.24, 2.45) is 5.92 Å². The fourth-order valence-electron chi connectivity index (χ4n) is 2.75. The third kappa shape index (κ3) is 1.82. The van der Waals surface area contributed by atoms with Gasteiger partial charge in [0.2, 0.25) is 0 Å². The number of carboxylic acid groups (broad SMARTS) is 1. The van der Waals surface area contributed by atoms with Crippen molar-refractivity contribution in [3.63, 3.8) is 0 Å². The molecule has 2 heterocycles. The fraction of sp³-hybridized carbons (Fsp3) is 0.727. The third-order valence-electron chi connectivity index (χ3n) is 3.77. The lowest BCUT2D eigenvalue weighted by molar-refractivity contribution is -0.142. The summed E-state index contributed by atoms with van der Waals surface area (Å²) in [6, 6.07) is 0.346. The molecule has 17 heavy (non-hydrogen) atoms. The van der Waals surface area contributed by atoms with Crippen LogP contribution >= 0.6 is 0 Å². The highest BCUT2D eigenvalue weighted by molar-refractivity contribution is 5.70. The lowest BCUT2D eigenvalue weighted by atomic mass is 9.89. The number of carbonyl (C=O) groups is 1. The highest BCUT2D eigenvalue weighted by Crippen LogP contribution is 2.27. The Labute approximate surface area is 99.0 Å².